The number of hydrogen-bond donors (Lipinski definition) is 4. The summed E-state index contributed by atoms with van der Waals surface area (Å²) in [7, 11) is 3.18. The minimum absolute atomic E-state index is 0.0736. The van der Waals surface area contributed by atoms with Crippen molar-refractivity contribution in [2.45, 2.75) is 31.5 Å². The highest BCUT2D eigenvalue weighted by molar-refractivity contribution is 5.60. The zero-order valence-electron chi connectivity index (χ0n) is 23.4. The van der Waals surface area contributed by atoms with Crippen LogP contribution in [0.15, 0.2) is 121 Å². The van der Waals surface area contributed by atoms with Gasteiger partial charge in [0, 0.05) is 24.4 Å². The molecule has 2 aromatic carbocycles. The van der Waals surface area contributed by atoms with Crippen LogP contribution in [0.1, 0.15) is 12.5 Å². The number of nitrogens with one attached hydrogen (secondary N) is 3. The van der Waals surface area contributed by atoms with E-state index in [0.29, 0.717) is 5.92 Å². The molecule has 39 heavy (non-hydrogen) atoms. The molecule has 0 saturated carbocycles. The number of para-hydroxylation sites is 1. The third kappa shape index (κ3) is 10.3. The fourth-order valence-electron chi connectivity index (χ4n) is 4.61. The molecule has 1 heterocycles. The molecule has 5 unspecified atom stereocenters. The second-order valence-electron chi connectivity index (χ2n) is 9.02. The van der Waals surface area contributed by atoms with Crippen LogP contribution in [0.25, 0.3) is 0 Å². The predicted octanol–water partition coefficient (Wildman–Crippen LogP) is 4.55. The summed E-state index contributed by atoms with van der Waals surface area (Å²) in [6.45, 7) is 6.78. The van der Waals surface area contributed by atoms with Crippen LogP contribution in [0.5, 0.6) is 5.75 Å². The Morgan fingerprint density at radius 1 is 1.03 bits per heavy atom. The lowest BCUT2D eigenvalue weighted by Gasteiger charge is -2.32. The Bertz CT molecular complexity index is 1070. The molecule has 2 aromatic rings. The Labute approximate surface area is 234 Å². The summed E-state index contributed by atoms with van der Waals surface area (Å²) >= 11 is 0. The van der Waals surface area contributed by atoms with Crippen molar-refractivity contribution in [3.63, 3.8) is 0 Å². The average molecular weight is 529 g/mol. The number of hydrogen-bond acceptors (Lipinski definition) is 6. The lowest BCUT2D eigenvalue weighted by molar-refractivity contribution is -0.110. The van der Waals surface area contributed by atoms with Crippen molar-refractivity contribution in [2.24, 2.45) is 17.6 Å². The number of nitrogens with two attached hydrogens (primary N) is 1. The maximum atomic E-state index is 11.7. The molecule has 1 aliphatic carbocycles. The van der Waals surface area contributed by atoms with Crippen molar-refractivity contribution in [3.05, 3.63) is 127 Å². The normalized spacial score (nSPS) is 23.5. The molecular formula is C33H44N4O2. The van der Waals surface area contributed by atoms with Gasteiger partial charge >= 0.3 is 0 Å². The van der Waals surface area contributed by atoms with Crippen molar-refractivity contribution in [1.29, 1.82) is 0 Å². The minimum Gasteiger partial charge on any atom is -0.496 e. The van der Waals surface area contributed by atoms with Crippen LogP contribution in [0.4, 0.5) is 0 Å². The van der Waals surface area contributed by atoms with Crippen molar-refractivity contribution in [2.75, 3.05) is 20.7 Å². The van der Waals surface area contributed by atoms with Crippen molar-refractivity contribution >= 4 is 6.29 Å². The molecule has 0 bridgehead atoms. The topological polar surface area (TPSA) is 88.4 Å². The van der Waals surface area contributed by atoms with Gasteiger partial charge in [-0.25, -0.2) is 5.43 Å². The van der Waals surface area contributed by atoms with Crippen LogP contribution in [0.2, 0.25) is 0 Å². The molecule has 1 aliphatic heterocycles. The van der Waals surface area contributed by atoms with E-state index in [1.54, 1.807) is 7.11 Å². The van der Waals surface area contributed by atoms with Gasteiger partial charge in [0.25, 0.3) is 0 Å². The van der Waals surface area contributed by atoms with Crippen molar-refractivity contribution in [1.82, 2.24) is 16.2 Å². The van der Waals surface area contributed by atoms with Crippen molar-refractivity contribution < 1.29 is 9.53 Å². The van der Waals surface area contributed by atoms with E-state index in [0.717, 1.165) is 30.6 Å². The van der Waals surface area contributed by atoms with Gasteiger partial charge in [-0.1, -0.05) is 103 Å². The van der Waals surface area contributed by atoms with Crippen molar-refractivity contribution in [3.8, 4) is 5.75 Å². The molecule has 6 heteroatoms. The largest absolute Gasteiger partial charge is 0.496 e. The lowest BCUT2D eigenvalue weighted by Crippen LogP contribution is -2.58. The minimum atomic E-state index is -0.312. The molecule has 0 fully saturated rings. The van der Waals surface area contributed by atoms with E-state index in [-0.39, 0.29) is 24.0 Å². The number of carbonyl (C=O) groups excluding carboxylic acids is 1. The molecule has 6 nitrogen and oxygen atoms in total. The quantitative estimate of drug-likeness (QED) is 0.206. The monoisotopic (exact) mass is 528 g/mol. The third-order valence-corrected chi connectivity index (χ3v) is 6.50. The smallest absolute Gasteiger partial charge is 0.138 e. The summed E-state index contributed by atoms with van der Waals surface area (Å²) in [6, 6.07) is 19.6. The summed E-state index contributed by atoms with van der Waals surface area (Å²) in [5.74, 6) is 1.43. The second-order valence-corrected chi connectivity index (χ2v) is 9.02. The Morgan fingerprint density at radius 2 is 1.72 bits per heavy atom. The van der Waals surface area contributed by atoms with E-state index in [4.69, 9.17) is 4.74 Å². The fourth-order valence-corrected chi connectivity index (χ4v) is 4.61. The van der Waals surface area contributed by atoms with Crippen LogP contribution in [0, 0.1) is 11.8 Å². The van der Waals surface area contributed by atoms with Gasteiger partial charge in [0.1, 0.15) is 12.0 Å². The van der Waals surface area contributed by atoms with E-state index in [1.807, 2.05) is 67.6 Å². The number of carbonyl (C=O) groups is 1. The van der Waals surface area contributed by atoms with Crippen LogP contribution in [0.3, 0.4) is 0 Å². The van der Waals surface area contributed by atoms with Gasteiger partial charge in [-0.2, -0.15) is 0 Å². The van der Waals surface area contributed by atoms with E-state index in [1.165, 1.54) is 12.6 Å². The highest BCUT2D eigenvalue weighted by Crippen LogP contribution is 2.28. The first-order valence-electron chi connectivity index (χ1n) is 13.4. The first kappa shape index (κ1) is 31.7. The molecule has 208 valence electrons. The Balaban J connectivity index is 0.000000578. The molecule has 0 spiro atoms. The van der Waals surface area contributed by atoms with Crippen LogP contribution < -0.4 is 26.6 Å². The number of ether oxygens (including phenoxy) is 1. The maximum absolute atomic E-state index is 11.7. The number of hydrazine groups is 1. The third-order valence-electron chi connectivity index (χ3n) is 6.50. The zero-order valence-corrected chi connectivity index (χ0v) is 23.4. The molecule has 0 radical (unpaired) electrons. The molecule has 0 amide bonds. The van der Waals surface area contributed by atoms with Crippen LogP contribution in [-0.2, 0) is 11.2 Å². The van der Waals surface area contributed by atoms with Gasteiger partial charge in [0.15, 0.2) is 0 Å². The predicted molar refractivity (Wildman–Crippen MR) is 163 cm³/mol. The molecule has 0 aromatic heterocycles. The Hall–Kier alpha value is -3.55. The van der Waals surface area contributed by atoms with Crippen LogP contribution in [-0.4, -0.2) is 45.1 Å². The molecule has 4 rings (SSSR count). The van der Waals surface area contributed by atoms with E-state index >= 15 is 0 Å². The number of allylic oxidation sites excluding steroid dienone is 6. The molecule has 2 aliphatic rings. The fraction of sp³-hybridized carbons (Fsp3) is 0.303. The molecule has 5 atom stereocenters. The van der Waals surface area contributed by atoms with Gasteiger partial charge in [0.2, 0.25) is 0 Å². The van der Waals surface area contributed by atoms with Gasteiger partial charge in [0.05, 0.1) is 19.2 Å². The summed E-state index contributed by atoms with van der Waals surface area (Å²) in [5, 5.41) is 3.42. The summed E-state index contributed by atoms with van der Waals surface area (Å²) in [6.07, 6.45) is 18.5. The highest BCUT2D eigenvalue weighted by Gasteiger charge is 2.27. The van der Waals surface area contributed by atoms with Gasteiger partial charge in [-0.15, -0.1) is 6.58 Å². The van der Waals surface area contributed by atoms with E-state index in [9.17, 15) is 4.79 Å². The first-order valence-corrected chi connectivity index (χ1v) is 13.4. The number of aldehydes is 1. The standard InChI is InChI=1S/C26H33N3O2.C6H6.CH5N/c1-4-9-19-11-8-12-21(23(19)5-2)17-27-29-24-15-14-22(28-25(24)18-30)16-20-10-6-7-13-26(20)31-3;1-2-4-6-5-3-1;1-2/h4-15,18,21-25,27-29H,2,16-17H2,1,3H3;1-6H;2H2,1H3/b9-4-;;. The Morgan fingerprint density at radius 3 is 2.33 bits per heavy atom. The molecular weight excluding hydrogens is 484 g/mol. The van der Waals surface area contributed by atoms with Gasteiger partial charge < -0.3 is 15.3 Å². The summed E-state index contributed by atoms with van der Waals surface area (Å²) in [5.41, 5.74) is 13.5. The Kier molecular flexibility index (Phi) is 15.2. The second kappa shape index (κ2) is 18.7. The lowest BCUT2D eigenvalue weighted by atomic mass is 9.82. The number of rotatable bonds is 10. The van der Waals surface area contributed by atoms with E-state index < -0.39 is 0 Å². The first-order chi connectivity index (χ1) is 19.2. The highest BCUT2D eigenvalue weighted by atomic mass is 16.5. The number of methoxy groups -OCH3 is 1. The van der Waals surface area contributed by atoms with Crippen LogP contribution >= 0.6 is 0 Å². The van der Waals surface area contributed by atoms with Gasteiger partial charge in [-0.05, 0) is 37.6 Å². The summed E-state index contributed by atoms with van der Waals surface area (Å²) in [4.78, 5) is 11.7. The SMILES string of the molecule is C=CC1C(/C=C\C)=CC=CC1CNNC1C=CC(Cc2ccccc2OC)NC1C=O.CN.c1ccccc1. The molecule has 5 N–H and O–H groups in total. The maximum Gasteiger partial charge on any atom is 0.138 e. The van der Waals surface area contributed by atoms with Gasteiger partial charge in [-0.3, -0.25) is 10.7 Å². The molecule has 0 saturated heterocycles. The summed E-state index contributed by atoms with van der Waals surface area (Å²) < 4.78 is 5.45. The average Bonchev–Trinajstić information content (AvgIpc) is 3.00. The van der Waals surface area contributed by atoms with E-state index in [2.05, 4.69) is 77.1 Å². The zero-order chi connectivity index (χ0) is 28.3. The number of benzene rings is 2.